The molecule has 0 spiro atoms. The second-order valence-electron chi connectivity index (χ2n) is 5.75. The Morgan fingerprint density at radius 1 is 0.808 bits per heavy atom. The maximum absolute atomic E-state index is 9.77. The number of carbonyl (C=O) groups is 2. The van der Waals surface area contributed by atoms with E-state index < -0.39 is 24.1 Å². The van der Waals surface area contributed by atoms with Gasteiger partial charge in [-0.2, -0.15) is 0 Å². The molecule has 2 unspecified atom stereocenters. The zero-order chi connectivity index (χ0) is 19.1. The topological polar surface area (TPSA) is 115 Å². The van der Waals surface area contributed by atoms with E-state index in [0.29, 0.717) is 0 Å². The van der Waals surface area contributed by atoms with Crippen LogP contribution in [0, 0.1) is 0 Å². The van der Waals surface area contributed by atoms with Gasteiger partial charge in [-0.1, -0.05) is 60.7 Å². The van der Waals surface area contributed by atoms with E-state index >= 15 is 0 Å². The lowest BCUT2D eigenvalue weighted by molar-refractivity contribution is -0.165. The Kier molecular flexibility index (Phi) is 6.66. The number of carboxylic acids is 2. The van der Waals surface area contributed by atoms with Gasteiger partial charge in [0, 0.05) is 0 Å². The summed E-state index contributed by atoms with van der Waals surface area (Å²) in [5.41, 5.74) is 5.60. The molecule has 0 amide bonds. The van der Waals surface area contributed by atoms with Crippen LogP contribution in [0.4, 0.5) is 0 Å². The monoisotopic (exact) mass is 356 g/mol. The van der Waals surface area contributed by atoms with Crippen molar-refractivity contribution in [3.05, 3.63) is 77.4 Å². The Morgan fingerprint density at radius 2 is 1.35 bits per heavy atom. The predicted octanol–water partition coefficient (Wildman–Crippen LogP) is 1.94. The Labute approximate surface area is 150 Å². The summed E-state index contributed by atoms with van der Waals surface area (Å²) in [5.74, 6) is -3.54. The van der Waals surface area contributed by atoms with Crippen molar-refractivity contribution in [2.75, 3.05) is 0 Å². The first kappa shape index (κ1) is 19.4. The lowest BCUT2D eigenvalue weighted by Gasteiger charge is -2.17. The highest BCUT2D eigenvalue weighted by Crippen LogP contribution is 2.31. The van der Waals surface area contributed by atoms with Gasteiger partial charge in [0.15, 0.2) is 12.2 Å². The van der Waals surface area contributed by atoms with Gasteiger partial charge in [-0.3, -0.25) is 0 Å². The van der Waals surface area contributed by atoms with E-state index in [0.717, 1.165) is 6.42 Å². The number of allylic oxidation sites excluding steroid dienone is 1. The fourth-order valence-corrected chi connectivity index (χ4v) is 2.64. The van der Waals surface area contributed by atoms with Crippen molar-refractivity contribution in [2.24, 2.45) is 0 Å². The minimum absolute atomic E-state index is 1.15. The van der Waals surface area contributed by atoms with E-state index in [4.69, 9.17) is 20.4 Å². The first-order valence-electron chi connectivity index (χ1n) is 8.07. The third kappa shape index (κ3) is 4.78. The van der Waals surface area contributed by atoms with E-state index in [2.05, 4.69) is 60.7 Å². The summed E-state index contributed by atoms with van der Waals surface area (Å²) in [7, 11) is 0. The largest absolute Gasteiger partial charge is 0.479 e. The van der Waals surface area contributed by atoms with Crippen molar-refractivity contribution in [2.45, 2.75) is 25.0 Å². The highest BCUT2D eigenvalue weighted by Gasteiger charge is 2.29. The molecule has 0 fully saturated rings. The number of hydrogen-bond donors (Lipinski definition) is 4. The molecule has 2 atom stereocenters. The van der Waals surface area contributed by atoms with Crippen LogP contribution < -0.4 is 0 Å². The second-order valence-corrected chi connectivity index (χ2v) is 5.75. The molecule has 0 aromatic heterocycles. The van der Waals surface area contributed by atoms with Crippen molar-refractivity contribution in [1.82, 2.24) is 0 Å². The Balaban J connectivity index is 0.000000213. The lowest BCUT2D eigenvalue weighted by Crippen LogP contribution is -2.39. The first-order chi connectivity index (χ1) is 12.4. The molecular formula is C20H20O6. The minimum Gasteiger partial charge on any atom is -0.479 e. The van der Waals surface area contributed by atoms with Gasteiger partial charge in [0.05, 0.1) is 0 Å². The zero-order valence-electron chi connectivity index (χ0n) is 13.9. The Bertz CT molecular complexity index is 779. The summed E-state index contributed by atoms with van der Waals surface area (Å²) < 4.78 is 0. The number of aliphatic carboxylic acids is 2. The summed E-state index contributed by atoms with van der Waals surface area (Å²) >= 11 is 0. The highest BCUT2D eigenvalue weighted by molar-refractivity contribution is 5.83. The van der Waals surface area contributed by atoms with E-state index in [9.17, 15) is 9.59 Å². The number of carboxylic acid groups (broad SMARTS) is 2. The van der Waals surface area contributed by atoms with E-state index in [1.165, 1.54) is 28.7 Å². The fourth-order valence-electron chi connectivity index (χ4n) is 2.64. The highest BCUT2D eigenvalue weighted by atomic mass is 16.4. The predicted molar refractivity (Wildman–Crippen MR) is 95.6 cm³/mol. The molecule has 3 rings (SSSR count). The summed E-state index contributed by atoms with van der Waals surface area (Å²) in [6, 6.07) is 19.4. The Hall–Kier alpha value is -2.96. The van der Waals surface area contributed by atoms with Gasteiger partial charge >= 0.3 is 11.9 Å². The number of fused-ring (bicyclic) bond motifs is 1. The van der Waals surface area contributed by atoms with Gasteiger partial charge in [-0.25, -0.2) is 9.59 Å². The molecule has 0 radical (unpaired) electrons. The molecule has 0 aliphatic heterocycles. The molecule has 0 bridgehead atoms. The SMILES string of the molecule is C1=C(c2ccccc2)c2ccccc2CC1.O=C(O)C(O)C(O)C(=O)O. The average molecular weight is 356 g/mol. The lowest BCUT2D eigenvalue weighted by atomic mass is 9.87. The maximum atomic E-state index is 9.77. The van der Waals surface area contributed by atoms with Crippen LogP contribution in [0.25, 0.3) is 5.57 Å². The summed E-state index contributed by atoms with van der Waals surface area (Å²) in [6.07, 6.45) is 0.154. The molecule has 6 nitrogen and oxygen atoms in total. The number of aliphatic hydroxyl groups excluding tert-OH is 2. The van der Waals surface area contributed by atoms with Gasteiger partial charge < -0.3 is 20.4 Å². The molecule has 2 aromatic carbocycles. The number of aryl methyl sites for hydroxylation is 1. The van der Waals surface area contributed by atoms with Crippen molar-refractivity contribution < 1.29 is 30.0 Å². The van der Waals surface area contributed by atoms with Crippen LogP contribution in [0.15, 0.2) is 60.7 Å². The van der Waals surface area contributed by atoms with Crippen LogP contribution in [-0.4, -0.2) is 44.6 Å². The quantitative estimate of drug-likeness (QED) is 0.665. The molecule has 0 saturated heterocycles. The van der Waals surface area contributed by atoms with Crippen molar-refractivity contribution in [3.63, 3.8) is 0 Å². The summed E-state index contributed by atoms with van der Waals surface area (Å²) in [5, 5.41) is 32.5. The zero-order valence-corrected chi connectivity index (χ0v) is 13.9. The molecule has 2 aromatic rings. The molecule has 4 N–H and O–H groups in total. The van der Waals surface area contributed by atoms with Crippen LogP contribution in [0.3, 0.4) is 0 Å². The van der Waals surface area contributed by atoms with Crippen LogP contribution in [0.1, 0.15) is 23.1 Å². The number of benzene rings is 2. The molecule has 26 heavy (non-hydrogen) atoms. The maximum Gasteiger partial charge on any atom is 0.335 e. The van der Waals surface area contributed by atoms with Gasteiger partial charge in [-0.15, -0.1) is 0 Å². The molecule has 1 aliphatic rings. The molecular weight excluding hydrogens is 336 g/mol. The minimum atomic E-state index is -2.27. The van der Waals surface area contributed by atoms with Crippen molar-refractivity contribution in [1.29, 1.82) is 0 Å². The van der Waals surface area contributed by atoms with Gasteiger partial charge in [-0.05, 0) is 35.1 Å². The van der Waals surface area contributed by atoms with Gasteiger partial charge in [0.2, 0.25) is 0 Å². The molecule has 0 heterocycles. The number of rotatable bonds is 4. The first-order valence-corrected chi connectivity index (χ1v) is 8.07. The third-order valence-electron chi connectivity index (χ3n) is 3.96. The second kappa shape index (κ2) is 8.94. The van der Waals surface area contributed by atoms with Crippen LogP contribution in [-0.2, 0) is 16.0 Å². The number of hydrogen-bond acceptors (Lipinski definition) is 4. The van der Waals surface area contributed by atoms with Crippen LogP contribution >= 0.6 is 0 Å². The standard InChI is InChI=1S/C16H14.C4H6O6/c1-2-7-13(8-3-1)16-12-6-10-14-9-4-5-11-15(14)16;5-1(3(7)8)2(6)4(9)10/h1-5,7-9,11-12H,6,10H2;1-2,5-6H,(H,7,8)(H,9,10). The molecule has 1 aliphatic carbocycles. The van der Waals surface area contributed by atoms with Crippen LogP contribution in [0.5, 0.6) is 0 Å². The summed E-state index contributed by atoms with van der Waals surface area (Å²) in [4.78, 5) is 19.5. The normalized spacial score (nSPS) is 14.8. The van der Waals surface area contributed by atoms with Crippen LogP contribution in [0.2, 0.25) is 0 Å². The average Bonchev–Trinajstić information content (AvgIpc) is 2.67. The molecule has 6 heteroatoms. The van der Waals surface area contributed by atoms with Gasteiger partial charge in [0.1, 0.15) is 0 Å². The number of aliphatic hydroxyl groups is 2. The fraction of sp³-hybridized carbons (Fsp3) is 0.200. The van der Waals surface area contributed by atoms with E-state index in [-0.39, 0.29) is 0 Å². The van der Waals surface area contributed by atoms with Crippen molar-refractivity contribution in [3.8, 4) is 0 Å². The van der Waals surface area contributed by atoms with E-state index in [1.54, 1.807) is 0 Å². The molecule has 136 valence electrons. The van der Waals surface area contributed by atoms with Crippen molar-refractivity contribution >= 4 is 17.5 Å². The Morgan fingerprint density at radius 3 is 1.92 bits per heavy atom. The van der Waals surface area contributed by atoms with E-state index in [1.807, 2.05) is 0 Å². The summed E-state index contributed by atoms with van der Waals surface area (Å²) in [6.45, 7) is 0. The third-order valence-corrected chi connectivity index (χ3v) is 3.96. The smallest absolute Gasteiger partial charge is 0.335 e. The molecule has 0 saturated carbocycles. The van der Waals surface area contributed by atoms with Gasteiger partial charge in [0.25, 0.3) is 0 Å².